The first-order valence-corrected chi connectivity index (χ1v) is 16.8. The number of carboxylic acids is 3. The van der Waals surface area contributed by atoms with Crippen molar-refractivity contribution in [3.63, 3.8) is 0 Å². The quantitative estimate of drug-likeness (QED) is 0.0657. The topological polar surface area (TPSA) is 209 Å². The molecule has 0 aliphatic carbocycles. The van der Waals surface area contributed by atoms with Crippen molar-refractivity contribution in [3.05, 3.63) is 58.3 Å². The van der Waals surface area contributed by atoms with Crippen molar-refractivity contribution in [3.8, 4) is 50.5 Å². The Bertz CT molecular complexity index is 1870. The maximum Gasteiger partial charge on any atom is 0.345 e. The third kappa shape index (κ3) is 7.42. The number of aromatic carboxylic acids is 2. The Kier molecular flexibility index (Phi) is 9.98. The second-order valence-corrected chi connectivity index (χ2v) is 14.4. The van der Waals surface area contributed by atoms with Gasteiger partial charge in [-0.15, -0.1) is 56.7 Å². The minimum Gasteiger partial charge on any atom is -0.490 e. The summed E-state index contributed by atoms with van der Waals surface area (Å²) in [6.07, 6.45) is -1.00. The number of thiophene rings is 5. The van der Waals surface area contributed by atoms with Gasteiger partial charge in [-0.25, -0.2) is 9.59 Å². The van der Waals surface area contributed by atoms with E-state index in [2.05, 4.69) is 0 Å². The molecular weight excluding hydrogens is 685 g/mol. The fourth-order valence-electron chi connectivity index (χ4n) is 3.84. The van der Waals surface area contributed by atoms with E-state index in [-0.39, 0.29) is 29.4 Å². The van der Waals surface area contributed by atoms with Gasteiger partial charge in [0, 0.05) is 41.4 Å². The third-order valence-corrected chi connectivity index (χ3v) is 12.2. The van der Waals surface area contributed by atoms with Crippen molar-refractivity contribution in [1.29, 1.82) is 0 Å². The lowest BCUT2D eigenvalue weighted by atomic mass is 10.3. The van der Waals surface area contributed by atoms with Gasteiger partial charge in [0.2, 0.25) is 0 Å². The Labute approximate surface area is 274 Å². The zero-order valence-electron chi connectivity index (χ0n) is 22.7. The Balaban J connectivity index is 1.52. The molecule has 7 N–H and O–H groups in total. The average molecular weight is 707 g/mol. The van der Waals surface area contributed by atoms with Crippen molar-refractivity contribution < 1.29 is 48.7 Å². The van der Waals surface area contributed by atoms with E-state index in [0.717, 1.165) is 51.9 Å². The van der Waals surface area contributed by atoms with Gasteiger partial charge in [-0.3, -0.25) is 15.3 Å². The maximum absolute atomic E-state index is 11.4. The van der Waals surface area contributed by atoms with Gasteiger partial charge in [0.15, 0.2) is 6.23 Å². The Morgan fingerprint density at radius 3 is 1.56 bits per heavy atom. The van der Waals surface area contributed by atoms with E-state index < -0.39 is 30.2 Å². The minimum atomic E-state index is -1.25. The highest BCUT2D eigenvalue weighted by molar-refractivity contribution is 7.30. The highest BCUT2D eigenvalue weighted by atomic mass is 32.1. The van der Waals surface area contributed by atoms with Crippen LogP contribution >= 0.6 is 56.7 Å². The number of carbonyl (C=O) groups excluding carboxylic acids is 1. The van der Waals surface area contributed by atoms with Crippen LogP contribution < -0.4 is 20.9 Å². The van der Waals surface area contributed by atoms with Crippen LogP contribution in [0.4, 0.5) is 0 Å². The van der Waals surface area contributed by atoms with Gasteiger partial charge >= 0.3 is 17.9 Å². The molecule has 0 radical (unpaired) electrons. The molecule has 234 valence electrons. The number of ether oxygens (including phenoxy) is 3. The normalized spacial score (nSPS) is 12.4. The summed E-state index contributed by atoms with van der Waals surface area (Å²) in [6.45, 7) is -0.175. The van der Waals surface area contributed by atoms with Crippen LogP contribution in [0, 0.1) is 0 Å². The van der Waals surface area contributed by atoms with Crippen LogP contribution in [0.1, 0.15) is 19.3 Å². The van der Waals surface area contributed by atoms with E-state index in [1.165, 1.54) is 46.1 Å². The number of carboxylic acid groups (broad SMARTS) is 3. The van der Waals surface area contributed by atoms with Crippen molar-refractivity contribution in [2.45, 2.75) is 12.3 Å². The molecule has 5 rings (SSSR count). The molecule has 45 heavy (non-hydrogen) atoms. The molecule has 5 aromatic heterocycles. The summed E-state index contributed by atoms with van der Waals surface area (Å²) in [7, 11) is 0. The second-order valence-electron chi connectivity index (χ2n) is 9.05. The molecule has 17 heteroatoms. The summed E-state index contributed by atoms with van der Waals surface area (Å²) in [5.41, 5.74) is 11.5. The summed E-state index contributed by atoms with van der Waals surface area (Å²) in [5, 5.41) is 28.0. The molecule has 5 heterocycles. The monoisotopic (exact) mass is 706 g/mol. The van der Waals surface area contributed by atoms with Gasteiger partial charge in [0.1, 0.15) is 40.5 Å². The van der Waals surface area contributed by atoms with E-state index >= 15 is 0 Å². The molecule has 0 bridgehead atoms. The van der Waals surface area contributed by atoms with E-state index in [0.29, 0.717) is 21.3 Å². The number of hydrogen-bond acceptors (Lipinski definition) is 14. The fourth-order valence-corrected chi connectivity index (χ4v) is 9.13. The van der Waals surface area contributed by atoms with E-state index in [1.807, 2.05) is 12.1 Å². The zero-order valence-corrected chi connectivity index (χ0v) is 26.7. The fraction of sp³-hybridized carbons (Fsp3) is 0.143. The van der Waals surface area contributed by atoms with Crippen molar-refractivity contribution in [2.24, 2.45) is 11.5 Å². The molecule has 2 atom stereocenters. The van der Waals surface area contributed by atoms with Gasteiger partial charge in [0.05, 0.1) is 9.75 Å². The van der Waals surface area contributed by atoms with Gasteiger partial charge < -0.3 is 35.3 Å². The van der Waals surface area contributed by atoms with Gasteiger partial charge in [-0.1, -0.05) is 0 Å². The Hall–Kier alpha value is -4.10. The predicted molar refractivity (Wildman–Crippen MR) is 173 cm³/mol. The number of rotatable bonds is 15. The Morgan fingerprint density at radius 1 is 0.667 bits per heavy atom. The second kappa shape index (κ2) is 13.9. The molecule has 0 fully saturated rings. The van der Waals surface area contributed by atoms with Crippen LogP contribution in [0.3, 0.4) is 0 Å². The SMILES string of the molecule is N[C@H](COc1cc(-c2ccc(C(=O)O)s2)sc1-c1ccc(-c2sc(-c3ccc(C(=O)O)s3)cc2OC[C@H](N)C(=O)O)s1)OC=O. The molecule has 5 aromatic rings. The lowest BCUT2D eigenvalue weighted by Crippen LogP contribution is -2.36. The first kappa shape index (κ1) is 32.3. The van der Waals surface area contributed by atoms with Gasteiger partial charge in [-0.2, -0.15) is 0 Å². The summed E-state index contributed by atoms with van der Waals surface area (Å²) in [5.74, 6) is -2.43. The molecule has 0 aliphatic heterocycles. The molecule has 0 spiro atoms. The number of nitrogens with two attached hydrogens (primary N) is 2. The van der Waals surface area contributed by atoms with Crippen molar-refractivity contribution in [2.75, 3.05) is 13.2 Å². The zero-order chi connectivity index (χ0) is 32.2. The molecule has 0 amide bonds. The maximum atomic E-state index is 11.4. The predicted octanol–water partition coefficient (Wildman–Crippen LogP) is 5.69. The molecule has 0 saturated carbocycles. The largest absolute Gasteiger partial charge is 0.490 e. The number of carbonyl (C=O) groups is 4. The van der Waals surface area contributed by atoms with Gasteiger partial charge in [-0.05, 0) is 36.4 Å². The van der Waals surface area contributed by atoms with Crippen LogP contribution in [0.5, 0.6) is 11.5 Å². The molecule has 0 aromatic carbocycles. The standard InChI is InChI=1S/C28H22N2O10S5/c29-12(26(32)33)9-38-13-7-21(15-1-5-19(41-15)27(34)35)44-24(13)17-3-4-18(43-17)25-14(39-10-23(30)40-11-31)8-22(45-25)16-2-6-20(42-16)28(36)37/h1-8,11-12,23H,9-10,29-30H2,(H,32,33)(H,34,35)(H,36,37)/t12-,23-/m0/s1. The van der Waals surface area contributed by atoms with Crippen LogP contribution in [-0.2, 0) is 14.3 Å². The van der Waals surface area contributed by atoms with Crippen LogP contribution in [0.15, 0.2) is 48.5 Å². The summed E-state index contributed by atoms with van der Waals surface area (Å²) < 4.78 is 16.5. The molecule has 12 nitrogen and oxygen atoms in total. The van der Waals surface area contributed by atoms with Crippen LogP contribution in [-0.4, -0.2) is 65.2 Å². The highest BCUT2D eigenvalue weighted by Crippen LogP contribution is 2.51. The van der Waals surface area contributed by atoms with Crippen LogP contribution in [0.25, 0.3) is 39.0 Å². The number of hydrogen-bond donors (Lipinski definition) is 5. The van der Waals surface area contributed by atoms with E-state index in [1.54, 1.807) is 24.3 Å². The Morgan fingerprint density at radius 2 is 1.13 bits per heavy atom. The molecule has 0 unspecified atom stereocenters. The highest BCUT2D eigenvalue weighted by Gasteiger charge is 2.23. The summed E-state index contributed by atoms with van der Waals surface area (Å²) >= 11 is 6.37. The van der Waals surface area contributed by atoms with E-state index in [4.69, 9.17) is 25.7 Å². The molecule has 0 aliphatic rings. The number of aliphatic carboxylic acids is 1. The molecule has 0 saturated heterocycles. The van der Waals surface area contributed by atoms with E-state index in [9.17, 15) is 34.5 Å². The smallest absolute Gasteiger partial charge is 0.345 e. The summed E-state index contributed by atoms with van der Waals surface area (Å²) in [4.78, 5) is 51.2. The first-order chi connectivity index (χ1) is 21.5. The third-order valence-electron chi connectivity index (χ3n) is 5.94. The van der Waals surface area contributed by atoms with Crippen molar-refractivity contribution in [1.82, 2.24) is 0 Å². The van der Waals surface area contributed by atoms with Gasteiger partial charge in [0.25, 0.3) is 6.47 Å². The minimum absolute atomic E-state index is 0.125. The molecular formula is C28H22N2O10S5. The lowest BCUT2D eigenvalue weighted by Gasteiger charge is -2.11. The van der Waals surface area contributed by atoms with Crippen LogP contribution in [0.2, 0.25) is 0 Å². The van der Waals surface area contributed by atoms with Crippen molar-refractivity contribution >= 4 is 81.1 Å². The average Bonchev–Trinajstić information content (AvgIpc) is 3.82. The first-order valence-electron chi connectivity index (χ1n) is 12.7. The summed E-state index contributed by atoms with van der Waals surface area (Å²) in [6, 6.07) is 12.5. The lowest BCUT2D eigenvalue weighted by molar-refractivity contribution is -0.139.